The number of benzene rings is 1. The van der Waals surface area contributed by atoms with Crippen LogP contribution in [0, 0.1) is 0 Å². The van der Waals surface area contributed by atoms with Crippen LogP contribution in [-0.2, 0) is 0 Å². The second-order valence-electron chi connectivity index (χ2n) is 7.62. The summed E-state index contributed by atoms with van der Waals surface area (Å²) in [4.78, 5) is 18.5. The molecular weight excluding hydrogens is 398 g/mol. The van der Waals surface area contributed by atoms with Gasteiger partial charge >= 0.3 is 0 Å². The minimum Gasteiger partial charge on any atom is -0.353 e. The number of piperazine rings is 1. The van der Waals surface area contributed by atoms with Crippen molar-refractivity contribution in [2.24, 2.45) is 0 Å². The molecule has 32 heavy (non-hydrogen) atoms. The van der Waals surface area contributed by atoms with Crippen LogP contribution in [0.3, 0.4) is 0 Å². The third kappa shape index (κ3) is 3.76. The Kier molecular flexibility index (Phi) is 3.18. The first-order valence-electron chi connectivity index (χ1n) is 14.4. The highest BCUT2D eigenvalue weighted by Gasteiger charge is 2.29. The zero-order valence-corrected chi connectivity index (χ0v) is 17.0. The van der Waals surface area contributed by atoms with Gasteiger partial charge in [-0.25, -0.2) is 15.0 Å². The van der Waals surface area contributed by atoms with E-state index in [1.165, 1.54) is 6.20 Å². The summed E-state index contributed by atoms with van der Waals surface area (Å²) in [5.74, 6) is 0.421. The molecule has 160 valence electrons. The molecule has 4 heterocycles. The molecule has 0 amide bonds. The van der Waals surface area contributed by atoms with Gasteiger partial charge in [0.2, 0.25) is 0 Å². The van der Waals surface area contributed by atoms with E-state index in [9.17, 15) is 0 Å². The first kappa shape index (κ1) is 12.5. The van der Waals surface area contributed by atoms with Crippen LogP contribution in [0.25, 0.3) is 22.3 Å². The largest absolute Gasteiger partial charge is 0.353 e. The molecule has 1 aliphatic carbocycles. The number of hydrogen-bond acceptors (Lipinski definition) is 7. The lowest BCUT2D eigenvalue weighted by molar-refractivity contribution is 0.586. The lowest BCUT2D eigenvalue weighted by Gasteiger charge is -2.30. The maximum absolute atomic E-state index is 8.71. The van der Waals surface area contributed by atoms with Crippen LogP contribution in [0.15, 0.2) is 61.1 Å². The molecule has 4 aromatic rings. The molecule has 0 unspecified atom stereocenters. The van der Waals surface area contributed by atoms with Gasteiger partial charge in [0.25, 0.3) is 0 Å². The number of fused-ring (bicyclic) bond motifs is 1. The number of aromatic nitrogens is 4. The van der Waals surface area contributed by atoms with Gasteiger partial charge in [0.05, 0.1) is 17.2 Å². The molecule has 2 fully saturated rings. The number of hydrogen-bond donors (Lipinski definition) is 2. The number of rotatable bonds is 5. The first-order valence-corrected chi connectivity index (χ1v) is 10.4. The van der Waals surface area contributed by atoms with Crippen molar-refractivity contribution >= 4 is 28.2 Å². The van der Waals surface area contributed by atoms with Crippen molar-refractivity contribution in [2.75, 3.05) is 36.2 Å². The van der Waals surface area contributed by atoms with Gasteiger partial charge < -0.3 is 15.5 Å². The Morgan fingerprint density at radius 2 is 1.88 bits per heavy atom. The number of nitrogens with zero attached hydrogens (tertiary/aromatic N) is 5. The van der Waals surface area contributed by atoms with Crippen LogP contribution >= 0.6 is 0 Å². The highest BCUT2D eigenvalue weighted by molar-refractivity contribution is 5.94. The lowest BCUT2D eigenvalue weighted by Crippen LogP contribution is -2.44. The Bertz CT molecular complexity index is 1570. The average Bonchev–Trinajstić information content (AvgIpc) is 3.73. The standard InChI is InChI=1S/C25H25N7/c1-2-4-19(5-3-1)29-22-14-18(8-9-28-22)24-30-21-16-27-15-20(17-6-7-17)23(21)25(31-24)32-12-10-26-11-13-32/h1-5,8-9,14-17,26H,6-7,10-13H2,(H,28,29)/i10D2,11D2,12D2,13D2. The summed E-state index contributed by atoms with van der Waals surface area (Å²) in [7, 11) is 0. The molecular formula is C25H25N7. The van der Waals surface area contributed by atoms with Crippen molar-refractivity contribution in [3.8, 4) is 11.4 Å². The molecule has 0 radical (unpaired) electrons. The van der Waals surface area contributed by atoms with Crippen LogP contribution in [0.5, 0.6) is 0 Å². The Morgan fingerprint density at radius 3 is 2.69 bits per heavy atom. The van der Waals surface area contributed by atoms with Crippen molar-refractivity contribution < 1.29 is 11.0 Å². The van der Waals surface area contributed by atoms with Gasteiger partial charge in [-0.05, 0) is 48.6 Å². The smallest absolute Gasteiger partial charge is 0.162 e. The van der Waals surface area contributed by atoms with E-state index in [4.69, 9.17) is 11.0 Å². The number of para-hydroxylation sites is 1. The van der Waals surface area contributed by atoms with Crippen molar-refractivity contribution in [2.45, 2.75) is 18.8 Å². The van der Waals surface area contributed by atoms with Gasteiger partial charge in [0, 0.05) is 60.5 Å². The molecule has 1 aliphatic heterocycles. The topological polar surface area (TPSA) is 78.9 Å². The Labute approximate surface area is 198 Å². The van der Waals surface area contributed by atoms with Crippen LogP contribution in [0.4, 0.5) is 17.3 Å². The normalized spacial score (nSPS) is 26.3. The quantitative estimate of drug-likeness (QED) is 0.492. The van der Waals surface area contributed by atoms with Crippen molar-refractivity contribution in [3.63, 3.8) is 0 Å². The van der Waals surface area contributed by atoms with Crippen molar-refractivity contribution in [1.82, 2.24) is 25.3 Å². The van der Waals surface area contributed by atoms with E-state index in [0.717, 1.165) is 18.5 Å². The summed E-state index contributed by atoms with van der Waals surface area (Å²) in [5.41, 5.74) is 2.28. The molecule has 0 spiro atoms. The number of pyridine rings is 2. The minimum atomic E-state index is -3.05. The summed E-state index contributed by atoms with van der Waals surface area (Å²) < 4.78 is 68.1. The van der Waals surface area contributed by atoms with Gasteiger partial charge in [0.15, 0.2) is 5.82 Å². The Hall–Kier alpha value is -3.58. The first-order chi connectivity index (χ1) is 18.8. The zero-order valence-electron chi connectivity index (χ0n) is 25.0. The summed E-state index contributed by atoms with van der Waals surface area (Å²) in [6.45, 7) is -12.1. The maximum atomic E-state index is 8.71. The molecule has 7 nitrogen and oxygen atoms in total. The number of anilines is 3. The molecule has 1 aromatic carbocycles. The molecule has 0 bridgehead atoms. The molecule has 2 N–H and O–H groups in total. The van der Waals surface area contributed by atoms with Crippen molar-refractivity contribution in [3.05, 3.63) is 66.6 Å². The fourth-order valence-electron chi connectivity index (χ4n) is 3.72. The second kappa shape index (κ2) is 8.16. The fourth-order valence-corrected chi connectivity index (χ4v) is 3.72. The summed E-state index contributed by atoms with van der Waals surface area (Å²) in [5, 5.41) is 5.40. The minimum absolute atomic E-state index is 0.0835. The molecule has 1 saturated carbocycles. The van der Waals surface area contributed by atoms with Gasteiger partial charge in [0.1, 0.15) is 11.6 Å². The number of nitrogens with one attached hydrogen (secondary N) is 2. The van der Waals surface area contributed by atoms with E-state index in [0.29, 0.717) is 32.7 Å². The van der Waals surface area contributed by atoms with Gasteiger partial charge in [-0.1, -0.05) is 18.2 Å². The molecule has 6 rings (SSSR count). The zero-order chi connectivity index (χ0) is 28.5. The summed E-state index contributed by atoms with van der Waals surface area (Å²) in [6, 6.07) is 12.7. The van der Waals surface area contributed by atoms with Crippen LogP contribution in [0.1, 0.15) is 35.3 Å². The van der Waals surface area contributed by atoms with Crippen LogP contribution in [0.2, 0.25) is 0 Å². The van der Waals surface area contributed by atoms with E-state index in [1.807, 2.05) is 35.6 Å². The monoisotopic (exact) mass is 431 g/mol. The third-order valence-electron chi connectivity index (χ3n) is 5.37. The maximum Gasteiger partial charge on any atom is 0.162 e. The summed E-state index contributed by atoms with van der Waals surface area (Å²) >= 11 is 0. The van der Waals surface area contributed by atoms with Crippen LogP contribution < -0.4 is 15.5 Å². The Morgan fingerprint density at radius 1 is 1.03 bits per heavy atom. The Balaban J connectivity index is 1.58. The van der Waals surface area contributed by atoms with Gasteiger partial charge in [-0.3, -0.25) is 4.98 Å². The van der Waals surface area contributed by atoms with E-state index >= 15 is 0 Å². The average molecular weight is 432 g/mol. The molecule has 3 aromatic heterocycles. The van der Waals surface area contributed by atoms with E-state index < -0.39 is 26.0 Å². The van der Waals surface area contributed by atoms with Gasteiger partial charge in [-0.2, -0.15) is 0 Å². The van der Waals surface area contributed by atoms with E-state index in [2.05, 4.69) is 25.3 Å². The highest BCUT2D eigenvalue weighted by Crippen LogP contribution is 2.44. The van der Waals surface area contributed by atoms with Crippen LogP contribution in [-0.4, -0.2) is 45.9 Å². The molecule has 7 heteroatoms. The SMILES string of the molecule is [2H]C1([2H])NC([2H])([2H])C([2H])([2H])N(c2nc(-c3ccnc(Nc4ccccc4)c3)nc3cncc(C4CC4)c23)C1([2H])[2H]. The van der Waals surface area contributed by atoms with E-state index in [-0.39, 0.29) is 17.6 Å². The highest BCUT2D eigenvalue weighted by atomic mass is 15.2. The summed E-state index contributed by atoms with van der Waals surface area (Å²) in [6.07, 6.45) is 6.33. The third-order valence-corrected chi connectivity index (χ3v) is 5.37. The molecule has 2 aliphatic rings. The predicted octanol–water partition coefficient (Wildman–Crippen LogP) is 4.12. The van der Waals surface area contributed by atoms with Gasteiger partial charge in [-0.15, -0.1) is 0 Å². The fraction of sp³-hybridized carbons (Fsp3) is 0.280. The molecule has 0 atom stereocenters. The predicted molar refractivity (Wildman–Crippen MR) is 127 cm³/mol. The van der Waals surface area contributed by atoms with E-state index in [1.54, 1.807) is 24.5 Å². The molecule has 1 saturated heterocycles. The second-order valence-corrected chi connectivity index (χ2v) is 7.62. The van der Waals surface area contributed by atoms with Crippen molar-refractivity contribution in [1.29, 1.82) is 0 Å². The lowest BCUT2D eigenvalue weighted by atomic mass is 10.1.